The van der Waals surface area contributed by atoms with Crippen LogP contribution in [0.5, 0.6) is 0 Å². The maximum atomic E-state index is 10.5. The third kappa shape index (κ3) is 7.41. The third-order valence-electron chi connectivity index (χ3n) is 4.46. The van der Waals surface area contributed by atoms with E-state index in [1.54, 1.807) is 13.3 Å². The second kappa shape index (κ2) is 11.8. The maximum absolute atomic E-state index is 10.5. The Morgan fingerprint density at radius 1 is 1.32 bits per heavy atom. The molecule has 1 rings (SSSR count). The molecular weight excluding hydrogens is 310 g/mol. The predicted molar refractivity (Wildman–Crippen MR) is 108 cm³/mol. The number of aliphatic hydroxyl groups excluding tert-OH is 1. The van der Waals surface area contributed by atoms with Crippen molar-refractivity contribution in [3.05, 3.63) is 47.2 Å². The van der Waals surface area contributed by atoms with Crippen LogP contribution in [-0.2, 0) is 6.42 Å². The Bertz CT molecular complexity index is 554. The van der Waals surface area contributed by atoms with Crippen molar-refractivity contribution in [3.63, 3.8) is 0 Å². The number of aryl methyl sites for hydroxylation is 1. The molecular formula is C21H35N3O. The number of nitrogens with zero attached hydrogens (tertiary/aromatic N) is 1. The van der Waals surface area contributed by atoms with E-state index in [0.29, 0.717) is 6.54 Å². The fraction of sp³-hybridized carbons (Fsp3) is 0.571. The topological polar surface area (TPSA) is 56.7 Å². The van der Waals surface area contributed by atoms with Crippen molar-refractivity contribution >= 4 is 6.21 Å². The first kappa shape index (κ1) is 21.4. The van der Waals surface area contributed by atoms with Crippen molar-refractivity contribution in [2.75, 3.05) is 13.6 Å². The highest BCUT2D eigenvalue weighted by Gasteiger charge is 2.17. The Morgan fingerprint density at radius 3 is 2.68 bits per heavy atom. The van der Waals surface area contributed by atoms with Crippen molar-refractivity contribution in [1.82, 2.24) is 10.6 Å². The number of aliphatic imine (C=N–C) groups is 1. The molecule has 0 aliphatic heterocycles. The van der Waals surface area contributed by atoms with Gasteiger partial charge in [0.1, 0.15) is 0 Å². The lowest BCUT2D eigenvalue weighted by molar-refractivity contribution is 0.133. The number of allylic oxidation sites excluding steroid dienone is 2. The molecule has 0 radical (unpaired) electrons. The molecule has 0 fully saturated rings. The molecule has 0 aliphatic carbocycles. The predicted octanol–water partition coefficient (Wildman–Crippen LogP) is 3.62. The van der Waals surface area contributed by atoms with E-state index in [0.717, 1.165) is 25.0 Å². The van der Waals surface area contributed by atoms with Gasteiger partial charge in [-0.2, -0.15) is 0 Å². The van der Waals surface area contributed by atoms with Crippen molar-refractivity contribution in [3.8, 4) is 0 Å². The van der Waals surface area contributed by atoms with Crippen LogP contribution in [-0.4, -0.2) is 37.1 Å². The first-order chi connectivity index (χ1) is 12.0. The van der Waals surface area contributed by atoms with Crippen molar-refractivity contribution in [2.45, 2.75) is 65.1 Å². The first-order valence-corrected chi connectivity index (χ1v) is 9.40. The van der Waals surface area contributed by atoms with Gasteiger partial charge in [-0.1, -0.05) is 50.6 Å². The zero-order chi connectivity index (χ0) is 18.7. The lowest BCUT2D eigenvalue weighted by Gasteiger charge is -2.25. The molecule has 1 aromatic carbocycles. The molecule has 0 saturated heterocycles. The van der Waals surface area contributed by atoms with E-state index in [2.05, 4.69) is 53.7 Å². The number of hydrogen-bond acceptors (Lipinski definition) is 4. The van der Waals surface area contributed by atoms with Gasteiger partial charge in [0.15, 0.2) is 0 Å². The van der Waals surface area contributed by atoms with Crippen molar-refractivity contribution in [2.24, 2.45) is 4.99 Å². The number of rotatable bonds is 11. The minimum Gasteiger partial charge on any atom is -0.390 e. The molecule has 0 saturated carbocycles. The molecule has 0 heterocycles. The fourth-order valence-corrected chi connectivity index (χ4v) is 2.84. The molecule has 3 unspecified atom stereocenters. The average Bonchev–Trinajstić information content (AvgIpc) is 2.64. The van der Waals surface area contributed by atoms with Gasteiger partial charge in [-0.3, -0.25) is 4.99 Å². The van der Waals surface area contributed by atoms with Gasteiger partial charge < -0.3 is 15.7 Å². The number of benzene rings is 1. The fourth-order valence-electron chi connectivity index (χ4n) is 2.84. The molecule has 3 N–H and O–H groups in total. The van der Waals surface area contributed by atoms with Gasteiger partial charge in [0.2, 0.25) is 0 Å². The summed E-state index contributed by atoms with van der Waals surface area (Å²) in [6.45, 7) is 8.87. The summed E-state index contributed by atoms with van der Waals surface area (Å²) in [6, 6.07) is 8.97. The largest absolute Gasteiger partial charge is 0.390 e. The second-order valence-corrected chi connectivity index (χ2v) is 6.48. The Kier molecular flexibility index (Phi) is 10.1. The highest BCUT2D eigenvalue weighted by Crippen LogP contribution is 2.20. The van der Waals surface area contributed by atoms with Gasteiger partial charge in [0.05, 0.1) is 12.1 Å². The molecule has 4 nitrogen and oxygen atoms in total. The summed E-state index contributed by atoms with van der Waals surface area (Å²) < 4.78 is 0. The van der Waals surface area contributed by atoms with E-state index in [4.69, 9.17) is 0 Å². The van der Waals surface area contributed by atoms with E-state index in [9.17, 15) is 5.11 Å². The molecule has 4 heteroatoms. The highest BCUT2D eigenvalue weighted by atomic mass is 16.3. The number of hydrogen-bond donors (Lipinski definition) is 3. The summed E-state index contributed by atoms with van der Waals surface area (Å²) in [4.78, 5) is 4.02. The summed E-state index contributed by atoms with van der Waals surface area (Å²) in [7, 11) is 1.74. The lowest BCUT2D eigenvalue weighted by Crippen LogP contribution is -2.43. The molecule has 25 heavy (non-hydrogen) atoms. The molecule has 0 spiro atoms. The Hall–Kier alpha value is -1.65. The molecule has 1 aromatic rings. The monoisotopic (exact) mass is 345 g/mol. The van der Waals surface area contributed by atoms with Gasteiger partial charge in [-0.25, -0.2) is 0 Å². The smallest absolute Gasteiger partial charge is 0.0862 e. The van der Waals surface area contributed by atoms with Crippen LogP contribution in [0.1, 0.15) is 57.7 Å². The van der Waals surface area contributed by atoms with Gasteiger partial charge >= 0.3 is 0 Å². The van der Waals surface area contributed by atoms with E-state index in [1.807, 2.05) is 19.9 Å². The van der Waals surface area contributed by atoms with Crippen LogP contribution in [0.3, 0.4) is 0 Å². The van der Waals surface area contributed by atoms with Crippen molar-refractivity contribution < 1.29 is 5.11 Å². The van der Waals surface area contributed by atoms with E-state index in [1.165, 1.54) is 11.1 Å². The minimum atomic E-state index is -0.478. The van der Waals surface area contributed by atoms with Crippen LogP contribution in [0.4, 0.5) is 0 Å². The standard InChI is InChI=1S/C21H35N3O/c1-6-10-20(18-12-9-11-17(7-2)13-18)23-15-21(25)16(4)24-19(8-3)14-22-5/h8-9,11-14,16,20-21,23-25H,6-7,10,15H2,1-5H3/b19-8+,22-14?. The summed E-state index contributed by atoms with van der Waals surface area (Å²) in [5, 5.41) is 17.4. The number of nitrogens with one attached hydrogen (secondary N) is 2. The Morgan fingerprint density at radius 2 is 2.08 bits per heavy atom. The Balaban J connectivity index is 2.66. The quantitative estimate of drug-likeness (QED) is 0.537. The zero-order valence-corrected chi connectivity index (χ0v) is 16.4. The van der Waals surface area contributed by atoms with Gasteiger partial charge in [-0.05, 0) is 37.8 Å². The van der Waals surface area contributed by atoms with Crippen LogP contribution in [0, 0.1) is 0 Å². The van der Waals surface area contributed by atoms with Gasteiger partial charge in [0, 0.05) is 31.5 Å². The molecule has 0 aromatic heterocycles. The van der Waals surface area contributed by atoms with E-state index < -0.39 is 6.10 Å². The van der Waals surface area contributed by atoms with Crippen LogP contribution < -0.4 is 10.6 Å². The summed E-state index contributed by atoms with van der Waals surface area (Å²) in [6.07, 6.45) is 6.46. The molecule has 0 amide bonds. The SMILES string of the molecule is C/C=C(\C=NC)NC(C)C(O)CNC(CCC)c1cccc(CC)c1. The number of aliphatic hydroxyl groups is 1. The van der Waals surface area contributed by atoms with Crippen molar-refractivity contribution in [1.29, 1.82) is 0 Å². The third-order valence-corrected chi connectivity index (χ3v) is 4.46. The minimum absolute atomic E-state index is 0.0547. The van der Waals surface area contributed by atoms with Crippen LogP contribution in [0.25, 0.3) is 0 Å². The van der Waals surface area contributed by atoms with Gasteiger partial charge in [0.25, 0.3) is 0 Å². The molecule has 0 aliphatic rings. The molecule has 0 bridgehead atoms. The highest BCUT2D eigenvalue weighted by molar-refractivity contribution is 5.77. The lowest BCUT2D eigenvalue weighted by atomic mass is 9.99. The van der Waals surface area contributed by atoms with E-state index in [-0.39, 0.29) is 12.1 Å². The van der Waals surface area contributed by atoms with Crippen LogP contribution in [0.2, 0.25) is 0 Å². The average molecular weight is 346 g/mol. The van der Waals surface area contributed by atoms with E-state index >= 15 is 0 Å². The maximum Gasteiger partial charge on any atom is 0.0862 e. The summed E-state index contributed by atoms with van der Waals surface area (Å²) in [5.74, 6) is 0. The Labute approximate surface area is 153 Å². The van der Waals surface area contributed by atoms with Gasteiger partial charge in [-0.15, -0.1) is 0 Å². The second-order valence-electron chi connectivity index (χ2n) is 6.48. The normalized spacial score (nSPS) is 16.0. The molecule has 3 atom stereocenters. The van der Waals surface area contributed by atoms with Crippen LogP contribution >= 0.6 is 0 Å². The zero-order valence-electron chi connectivity index (χ0n) is 16.4. The summed E-state index contributed by atoms with van der Waals surface area (Å²) >= 11 is 0. The summed E-state index contributed by atoms with van der Waals surface area (Å²) in [5.41, 5.74) is 3.59. The first-order valence-electron chi connectivity index (χ1n) is 9.40. The molecule has 140 valence electrons. The van der Waals surface area contributed by atoms with Crippen LogP contribution in [0.15, 0.2) is 41.0 Å².